The lowest BCUT2D eigenvalue weighted by molar-refractivity contribution is 0.00775. The van der Waals surface area contributed by atoms with Crippen LogP contribution in [0.15, 0.2) is 0 Å². The summed E-state index contributed by atoms with van der Waals surface area (Å²) in [4.78, 5) is 0. The Morgan fingerprint density at radius 1 is 0.842 bits per heavy atom. The molecular weight excluding hydrogens is 244 g/mol. The molecule has 0 radical (unpaired) electrons. The lowest BCUT2D eigenvalue weighted by Gasteiger charge is -2.16. The molecule has 0 aromatic heterocycles. The fourth-order valence-corrected chi connectivity index (χ4v) is 1.65. The van der Waals surface area contributed by atoms with Gasteiger partial charge in [0.25, 0.3) is 0 Å². The van der Waals surface area contributed by atoms with Crippen LogP contribution in [0, 0.1) is 5.92 Å². The van der Waals surface area contributed by atoms with Crippen LogP contribution in [-0.2, 0) is 14.2 Å². The van der Waals surface area contributed by atoms with Crippen molar-refractivity contribution in [2.45, 2.75) is 52.6 Å². The predicted octanol–water partition coefficient (Wildman–Crippen LogP) is 2.63. The van der Waals surface area contributed by atoms with Crippen LogP contribution in [0.25, 0.3) is 0 Å². The molecule has 2 atom stereocenters. The zero-order chi connectivity index (χ0) is 14.3. The summed E-state index contributed by atoms with van der Waals surface area (Å²) in [5.74, 6) is 0.304. The van der Waals surface area contributed by atoms with Crippen LogP contribution in [0.5, 0.6) is 0 Å². The van der Waals surface area contributed by atoms with E-state index in [0.29, 0.717) is 39.0 Å². The second kappa shape index (κ2) is 14.3. The summed E-state index contributed by atoms with van der Waals surface area (Å²) < 4.78 is 16.2. The summed E-state index contributed by atoms with van der Waals surface area (Å²) >= 11 is 0. The maximum atomic E-state index is 9.59. The van der Waals surface area contributed by atoms with Gasteiger partial charge in [0.2, 0.25) is 0 Å². The Balaban J connectivity index is 3.10. The molecule has 1 N–H and O–H groups in total. The van der Waals surface area contributed by atoms with Gasteiger partial charge in [0.05, 0.1) is 32.5 Å². The molecule has 0 saturated heterocycles. The molecule has 19 heavy (non-hydrogen) atoms. The monoisotopic (exact) mass is 276 g/mol. The van der Waals surface area contributed by atoms with Gasteiger partial charge in [-0.25, -0.2) is 0 Å². The standard InChI is InChI=1S/C15H32O4/c1-4-6-8-17-10-12-19-13-11-18-9-7-14(3)15(16)5-2/h14-16H,4-13H2,1-3H3. The Morgan fingerprint density at radius 3 is 1.89 bits per heavy atom. The first kappa shape index (κ1) is 18.8. The molecule has 0 aromatic rings. The van der Waals surface area contributed by atoms with E-state index >= 15 is 0 Å². The zero-order valence-electron chi connectivity index (χ0n) is 12.9. The number of hydrogen-bond acceptors (Lipinski definition) is 4. The van der Waals surface area contributed by atoms with E-state index in [1.807, 2.05) is 6.92 Å². The maximum absolute atomic E-state index is 9.59. The molecule has 0 rings (SSSR count). The number of aliphatic hydroxyl groups is 1. The number of hydrogen-bond donors (Lipinski definition) is 1. The minimum Gasteiger partial charge on any atom is -0.393 e. The van der Waals surface area contributed by atoms with Crippen LogP contribution in [0.2, 0.25) is 0 Å². The van der Waals surface area contributed by atoms with E-state index in [1.165, 1.54) is 6.42 Å². The SMILES string of the molecule is CCCCOCCOCCOCCC(C)C(O)CC. The first-order chi connectivity index (χ1) is 9.22. The molecule has 0 aromatic carbocycles. The normalized spacial score (nSPS) is 14.5. The largest absolute Gasteiger partial charge is 0.393 e. The Bertz CT molecular complexity index is 176. The minimum absolute atomic E-state index is 0.208. The summed E-state index contributed by atoms with van der Waals surface area (Å²) in [6.45, 7) is 10.3. The van der Waals surface area contributed by atoms with Gasteiger partial charge in [0.15, 0.2) is 0 Å². The first-order valence-electron chi connectivity index (χ1n) is 7.63. The molecule has 2 unspecified atom stereocenters. The molecule has 0 amide bonds. The van der Waals surface area contributed by atoms with Crippen LogP contribution in [0.4, 0.5) is 0 Å². The fourth-order valence-electron chi connectivity index (χ4n) is 1.65. The topological polar surface area (TPSA) is 47.9 Å². The average molecular weight is 276 g/mol. The van der Waals surface area contributed by atoms with Crippen LogP contribution in [0.3, 0.4) is 0 Å². The van der Waals surface area contributed by atoms with Crippen molar-refractivity contribution in [2.24, 2.45) is 5.92 Å². The molecule has 4 nitrogen and oxygen atoms in total. The van der Waals surface area contributed by atoms with E-state index in [-0.39, 0.29) is 6.10 Å². The van der Waals surface area contributed by atoms with Gasteiger partial charge in [-0.3, -0.25) is 0 Å². The molecule has 0 heterocycles. The molecule has 0 aliphatic rings. The van der Waals surface area contributed by atoms with Gasteiger partial charge in [-0.1, -0.05) is 27.2 Å². The molecule has 116 valence electrons. The van der Waals surface area contributed by atoms with E-state index in [4.69, 9.17) is 14.2 Å². The number of aliphatic hydroxyl groups excluding tert-OH is 1. The van der Waals surface area contributed by atoms with E-state index in [1.54, 1.807) is 0 Å². The van der Waals surface area contributed by atoms with E-state index in [2.05, 4.69) is 13.8 Å². The maximum Gasteiger partial charge on any atom is 0.0701 e. The van der Waals surface area contributed by atoms with Crippen molar-refractivity contribution in [1.29, 1.82) is 0 Å². The Kier molecular flexibility index (Phi) is 14.1. The highest BCUT2D eigenvalue weighted by atomic mass is 16.5. The van der Waals surface area contributed by atoms with E-state index in [9.17, 15) is 5.11 Å². The highest BCUT2D eigenvalue weighted by Gasteiger charge is 2.11. The lowest BCUT2D eigenvalue weighted by Crippen LogP contribution is -2.18. The predicted molar refractivity (Wildman–Crippen MR) is 77.4 cm³/mol. The second-order valence-corrected chi connectivity index (χ2v) is 4.93. The summed E-state index contributed by atoms with van der Waals surface area (Å²) in [6, 6.07) is 0. The lowest BCUT2D eigenvalue weighted by atomic mass is 10.00. The van der Waals surface area contributed by atoms with Gasteiger partial charge < -0.3 is 19.3 Å². The highest BCUT2D eigenvalue weighted by molar-refractivity contribution is 4.61. The molecule has 4 heteroatoms. The van der Waals surface area contributed by atoms with Crippen molar-refractivity contribution in [1.82, 2.24) is 0 Å². The quantitative estimate of drug-likeness (QED) is 0.495. The highest BCUT2D eigenvalue weighted by Crippen LogP contribution is 2.10. The molecular formula is C15H32O4. The summed E-state index contributed by atoms with van der Waals surface area (Å²) in [7, 11) is 0. The van der Waals surface area contributed by atoms with Crippen molar-refractivity contribution in [3.05, 3.63) is 0 Å². The van der Waals surface area contributed by atoms with Gasteiger partial charge in [-0.05, 0) is 25.2 Å². The van der Waals surface area contributed by atoms with Crippen molar-refractivity contribution in [3.63, 3.8) is 0 Å². The summed E-state index contributed by atoms with van der Waals surface area (Å²) in [5, 5.41) is 9.59. The molecule has 0 aliphatic carbocycles. The summed E-state index contributed by atoms with van der Waals surface area (Å²) in [6.07, 6.45) is 3.78. The number of unbranched alkanes of at least 4 members (excludes halogenated alkanes) is 1. The summed E-state index contributed by atoms with van der Waals surface area (Å²) in [5.41, 5.74) is 0. The van der Waals surface area contributed by atoms with Crippen LogP contribution < -0.4 is 0 Å². The third-order valence-corrected chi connectivity index (χ3v) is 3.18. The number of ether oxygens (including phenoxy) is 3. The van der Waals surface area contributed by atoms with Crippen LogP contribution in [-0.4, -0.2) is 50.9 Å². The van der Waals surface area contributed by atoms with E-state index in [0.717, 1.165) is 25.9 Å². The molecule has 0 fully saturated rings. The molecule has 0 spiro atoms. The van der Waals surface area contributed by atoms with Gasteiger partial charge in [-0.15, -0.1) is 0 Å². The third-order valence-electron chi connectivity index (χ3n) is 3.18. The van der Waals surface area contributed by atoms with E-state index < -0.39 is 0 Å². The smallest absolute Gasteiger partial charge is 0.0701 e. The van der Waals surface area contributed by atoms with Gasteiger partial charge in [0, 0.05) is 13.2 Å². The van der Waals surface area contributed by atoms with Crippen molar-refractivity contribution in [2.75, 3.05) is 39.6 Å². The number of rotatable bonds is 14. The third kappa shape index (κ3) is 12.6. The Morgan fingerprint density at radius 2 is 1.37 bits per heavy atom. The van der Waals surface area contributed by atoms with Crippen molar-refractivity contribution >= 4 is 0 Å². The van der Waals surface area contributed by atoms with Crippen LogP contribution >= 0.6 is 0 Å². The molecule has 0 saturated carbocycles. The zero-order valence-corrected chi connectivity index (χ0v) is 12.9. The van der Waals surface area contributed by atoms with Crippen molar-refractivity contribution in [3.8, 4) is 0 Å². The van der Waals surface area contributed by atoms with Crippen molar-refractivity contribution < 1.29 is 19.3 Å². The van der Waals surface area contributed by atoms with Crippen LogP contribution in [0.1, 0.15) is 46.5 Å². The molecule has 0 aliphatic heterocycles. The second-order valence-electron chi connectivity index (χ2n) is 4.93. The van der Waals surface area contributed by atoms with Gasteiger partial charge in [-0.2, -0.15) is 0 Å². The first-order valence-corrected chi connectivity index (χ1v) is 7.63. The Labute approximate surface area is 118 Å². The average Bonchev–Trinajstić information content (AvgIpc) is 2.43. The Hall–Kier alpha value is -0.160. The minimum atomic E-state index is -0.208. The fraction of sp³-hybridized carbons (Fsp3) is 1.00. The van der Waals surface area contributed by atoms with Gasteiger partial charge in [0.1, 0.15) is 0 Å². The molecule has 0 bridgehead atoms. The van der Waals surface area contributed by atoms with Gasteiger partial charge >= 0.3 is 0 Å².